The van der Waals surface area contributed by atoms with Crippen LogP contribution in [0.3, 0.4) is 0 Å². The standard InChI is InChI=1S/C18H22O4/c1-2-3-11-22-12-7-6-10-15-16(19)13-8-4-5-9-14(13)17(20)18(15)21/h4-5,8-9,19H,2-3,6-7,10-12H2,1H3. The Morgan fingerprint density at radius 1 is 0.955 bits per heavy atom. The Kier molecular flexibility index (Phi) is 5.90. The zero-order valence-corrected chi connectivity index (χ0v) is 12.9. The van der Waals surface area contributed by atoms with Crippen LogP contribution in [0.25, 0.3) is 5.76 Å². The number of carbonyl (C=O) groups excluding carboxylic acids is 2. The van der Waals surface area contributed by atoms with E-state index < -0.39 is 11.6 Å². The first-order valence-corrected chi connectivity index (χ1v) is 7.85. The first kappa shape index (κ1) is 16.4. The summed E-state index contributed by atoms with van der Waals surface area (Å²) in [6.45, 7) is 3.52. The van der Waals surface area contributed by atoms with E-state index in [1.54, 1.807) is 24.3 Å². The normalized spacial score (nSPS) is 14.4. The number of hydrogen-bond acceptors (Lipinski definition) is 4. The van der Waals surface area contributed by atoms with Gasteiger partial charge in [-0.15, -0.1) is 0 Å². The lowest BCUT2D eigenvalue weighted by atomic mass is 9.86. The second-order valence-corrected chi connectivity index (χ2v) is 5.45. The van der Waals surface area contributed by atoms with E-state index in [4.69, 9.17) is 4.74 Å². The van der Waals surface area contributed by atoms with E-state index in [0.29, 0.717) is 25.0 Å². The Bertz CT molecular complexity index is 587. The summed E-state index contributed by atoms with van der Waals surface area (Å²) >= 11 is 0. The van der Waals surface area contributed by atoms with E-state index in [0.717, 1.165) is 25.9 Å². The number of unbranched alkanes of at least 4 members (excludes halogenated alkanes) is 2. The molecule has 0 unspecified atom stereocenters. The maximum Gasteiger partial charge on any atom is 0.234 e. The van der Waals surface area contributed by atoms with Crippen molar-refractivity contribution in [2.24, 2.45) is 0 Å². The first-order valence-electron chi connectivity index (χ1n) is 7.85. The molecule has 0 saturated heterocycles. The smallest absolute Gasteiger partial charge is 0.234 e. The predicted molar refractivity (Wildman–Crippen MR) is 84.9 cm³/mol. The van der Waals surface area contributed by atoms with Crippen LogP contribution in [0, 0.1) is 0 Å². The van der Waals surface area contributed by atoms with E-state index in [2.05, 4.69) is 6.92 Å². The first-order chi connectivity index (χ1) is 10.7. The van der Waals surface area contributed by atoms with Crippen molar-refractivity contribution in [3.05, 3.63) is 41.0 Å². The Labute approximate surface area is 130 Å². The summed E-state index contributed by atoms with van der Waals surface area (Å²) in [5.74, 6) is -1.15. The van der Waals surface area contributed by atoms with Crippen LogP contribution in [0.5, 0.6) is 0 Å². The summed E-state index contributed by atoms with van der Waals surface area (Å²) in [6, 6.07) is 6.68. The third-order valence-corrected chi connectivity index (χ3v) is 3.80. The fraction of sp³-hybridized carbons (Fsp3) is 0.444. The molecule has 2 rings (SSSR count). The Balaban J connectivity index is 1.95. The molecule has 0 aromatic heterocycles. The highest BCUT2D eigenvalue weighted by molar-refractivity contribution is 6.52. The number of allylic oxidation sites excluding steroid dienone is 1. The third kappa shape index (κ3) is 3.63. The highest BCUT2D eigenvalue weighted by Gasteiger charge is 2.31. The summed E-state index contributed by atoms with van der Waals surface area (Å²) < 4.78 is 5.46. The molecule has 0 radical (unpaired) electrons. The van der Waals surface area contributed by atoms with Gasteiger partial charge in [0.25, 0.3) is 0 Å². The molecule has 0 amide bonds. The van der Waals surface area contributed by atoms with Crippen LogP contribution >= 0.6 is 0 Å². The second-order valence-electron chi connectivity index (χ2n) is 5.45. The molecule has 1 aromatic carbocycles. The van der Waals surface area contributed by atoms with Gasteiger partial charge in [-0.25, -0.2) is 0 Å². The van der Waals surface area contributed by atoms with Crippen LogP contribution in [-0.4, -0.2) is 29.9 Å². The summed E-state index contributed by atoms with van der Waals surface area (Å²) in [6.07, 6.45) is 4.09. The molecule has 0 fully saturated rings. The molecule has 4 heteroatoms. The van der Waals surface area contributed by atoms with Crippen molar-refractivity contribution in [3.63, 3.8) is 0 Å². The van der Waals surface area contributed by atoms with Crippen LogP contribution in [-0.2, 0) is 9.53 Å². The van der Waals surface area contributed by atoms with Gasteiger partial charge in [0.1, 0.15) is 5.76 Å². The Morgan fingerprint density at radius 3 is 2.36 bits per heavy atom. The molecule has 0 atom stereocenters. The molecule has 1 aliphatic carbocycles. The average Bonchev–Trinajstić information content (AvgIpc) is 2.54. The van der Waals surface area contributed by atoms with Crippen molar-refractivity contribution in [2.45, 2.75) is 39.0 Å². The van der Waals surface area contributed by atoms with Crippen LogP contribution in [0.2, 0.25) is 0 Å². The van der Waals surface area contributed by atoms with E-state index >= 15 is 0 Å². The highest BCUT2D eigenvalue weighted by atomic mass is 16.5. The minimum atomic E-state index is -0.580. The minimum absolute atomic E-state index is 0.0490. The van der Waals surface area contributed by atoms with Gasteiger partial charge >= 0.3 is 0 Å². The number of rotatable bonds is 8. The maximum absolute atomic E-state index is 12.1. The molecule has 0 saturated carbocycles. The van der Waals surface area contributed by atoms with E-state index in [1.165, 1.54) is 0 Å². The van der Waals surface area contributed by atoms with Gasteiger partial charge in [-0.3, -0.25) is 9.59 Å². The van der Waals surface area contributed by atoms with Gasteiger partial charge in [-0.1, -0.05) is 37.6 Å². The van der Waals surface area contributed by atoms with Gasteiger partial charge in [0.15, 0.2) is 0 Å². The number of benzene rings is 1. The van der Waals surface area contributed by atoms with Crippen molar-refractivity contribution >= 4 is 17.3 Å². The van der Waals surface area contributed by atoms with Crippen LogP contribution in [0.15, 0.2) is 29.8 Å². The topological polar surface area (TPSA) is 63.6 Å². The molecule has 0 heterocycles. The number of ether oxygens (including phenoxy) is 1. The molecule has 118 valence electrons. The van der Waals surface area contributed by atoms with Crippen molar-refractivity contribution in [3.8, 4) is 0 Å². The Hall–Kier alpha value is -1.94. The van der Waals surface area contributed by atoms with Crippen molar-refractivity contribution < 1.29 is 19.4 Å². The third-order valence-electron chi connectivity index (χ3n) is 3.80. The lowest BCUT2D eigenvalue weighted by Crippen LogP contribution is -2.24. The quantitative estimate of drug-likeness (QED) is 0.587. The lowest BCUT2D eigenvalue weighted by molar-refractivity contribution is -0.112. The van der Waals surface area contributed by atoms with E-state index in [9.17, 15) is 14.7 Å². The monoisotopic (exact) mass is 302 g/mol. The van der Waals surface area contributed by atoms with Gasteiger partial charge < -0.3 is 9.84 Å². The van der Waals surface area contributed by atoms with Crippen LogP contribution in [0.1, 0.15) is 54.9 Å². The summed E-state index contributed by atoms with van der Waals surface area (Å²) in [7, 11) is 0. The number of Topliss-reactive ketones (excluding diaryl/α,β-unsaturated/α-hetero) is 2. The number of carbonyl (C=O) groups is 2. The molecule has 1 aromatic rings. The predicted octanol–water partition coefficient (Wildman–Crippen LogP) is 3.71. The molecule has 0 spiro atoms. The molecule has 22 heavy (non-hydrogen) atoms. The van der Waals surface area contributed by atoms with E-state index in [1.807, 2.05) is 0 Å². The van der Waals surface area contributed by atoms with Crippen molar-refractivity contribution in [1.29, 1.82) is 0 Å². The van der Waals surface area contributed by atoms with Gasteiger partial charge in [0.05, 0.1) is 0 Å². The van der Waals surface area contributed by atoms with Gasteiger partial charge in [-0.2, -0.15) is 0 Å². The summed E-state index contributed by atoms with van der Waals surface area (Å²) in [5.41, 5.74) is 0.982. The molecule has 0 bridgehead atoms. The summed E-state index contributed by atoms with van der Waals surface area (Å²) in [4.78, 5) is 24.2. The van der Waals surface area contributed by atoms with Crippen LogP contribution in [0.4, 0.5) is 0 Å². The molecular weight excluding hydrogens is 280 g/mol. The number of aliphatic hydroxyl groups excluding tert-OH is 1. The van der Waals surface area contributed by atoms with Crippen molar-refractivity contribution in [2.75, 3.05) is 13.2 Å². The lowest BCUT2D eigenvalue weighted by Gasteiger charge is -2.17. The number of fused-ring (bicyclic) bond motifs is 1. The second kappa shape index (κ2) is 7.90. The number of ketones is 2. The maximum atomic E-state index is 12.1. The average molecular weight is 302 g/mol. The number of hydrogen-bond donors (Lipinski definition) is 1. The molecule has 1 N–H and O–H groups in total. The van der Waals surface area contributed by atoms with Gasteiger partial charge in [-0.05, 0) is 25.7 Å². The molecular formula is C18H22O4. The Morgan fingerprint density at radius 2 is 1.64 bits per heavy atom. The highest BCUT2D eigenvalue weighted by Crippen LogP contribution is 2.30. The minimum Gasteiger partial charge on any atom is -0.507 e. The largest absolute Gasteiger partial charge is 0.507 e. The fourth-order valence-corrected chi connectivity index (χ4v) is 2.50. The molecule has 0 aliphatic heterocycles. The summed E-state index contributed by atoms with van der Waals surface area (Å²) in [5, 5.41) is 10.3. The zero-order chi connectivity index (χ0) is 15.9. The van der Waals surface area contributed by atoms with Gasteiger partial charge in [0.2, 0.25) is 11.6 Å². The van der Waals surface area contributed by atoms with Gasteiger partial charge in [0, 0.05) is 29.9 Å². The molecule has 1 aliphatic rings. The fourth-order valence-electron chi connectivity index (χ4n) is 2.50. The van der Waals surface area contributed by atoms with Crippen molar-refractivity contribution in [1.82, 2.24) is 0 Å². The molecule has 4 nitrogen and oxygen atoms in total. The number of aliphatic hydroxyl groups is 1. The van der Waals surface area contributed by atoms with E-state index in [-0.39, 0.29) is 16.9 Å². The van der Waals surface area contributed by atoms with Crippen LogP contribution < -0.4 is 0 Å². The zero-order valence-electron chi connectivity index (χ0n) is 12.9. The SMILES string of the molecule is CCCCOCCCCC1=C(O)c2ccccc2C(=O)C1=O.